The standard InChI is InChI=1S/C12H16N4O/c13-11-8-4-3-7(6-8)10(11)12(17)15-9-2-1-5-14-16-9/h1-2,5,7-8,10-11H,3-4,6,13H2,(H,15,16,17). The number of carbonyl (C=O) groups excluding carboxylic acids is 1. The number of hydrogen-bond acceptors (Lipinski definition) is 4. The molecule has 4 unspecified atom stereocenters. The monoisotopic (exact) mass is 232 g/mol. The number of nitrogens with two attached hydrogens (primary N) is 1. The van der Waals surface area contributed by atoms with Gasteiger partial charge in [0.2, 0.25) is 5.91 Å². The molecule has 1 aromatic heterocycles. The molecular formula is C12H16N4O. The van der Waals surface area contributed by atoms with Crippen molar-refractivity contribution in [2.75, 3.05) is 5.32 Å². The lowest BCUT2D eigenvalue weighted by Gasteiger charge is -2.26. The number of nitrogens with zero attached hydrogens (tertiary/aromatic N) is 2. The first-order valence-corrected chi connectivity index (χ1v) is 6.10. The quantitative estimate of drug-likeness (QED) is 0.790. The van der Waals surface area contributed by atoms with Crippen molar-refractivity contribution in [3.8, 4) is 0 Å². The molecule has 2 bridgehead atoms. The fraction of sp³-hybridized carbons (Fsp3) is 0.583. The molecule has 2 aliphatic carbocycles. The van der Waals surface area contributed by atoms with Gasteiger partial charge in [-0.1, -0.05) is 0 Å². The van der Waals surface area contributed by atoms with Crippen LogP contribution in [0.1, 0.15) is 19.3 Å². The maximum absolute atomic E-state index is 12.2. The molecule has 2 saturated carbocycles. The molecular weight excluding hydrogens is 216 g/mol. The van der Waals surface area contributed by atoms with Gasteiger partial charge in [0.25, 0.3) is 0 Å². The van der Waals surface area contributed by atoms with Gasteiger partial charge in [0, 0.05) is 12.2 Å². The van der Waals surface area contributed by atoms with Gasteiger partial charge < -0.3 is 11.1 Å². The van der Waals surface area contributed by atoms with Gasteiger partial charge in [-0.3, -0.25) is 4.79 Å². The van der Waals surface area contributed by atoms with Gasteiger partial charge in [-0.05, 0) is 43.2 Å². The number of rotatable bonds is 2. The van der Waals surface area contributed by atoms with Crippen LogP contribution in [-0.4, -0.2) is 22.1 Å². The van der Waals surface area contributed by atoms with E-state index in [1.807, 2.05) is 0 Å². The summed E-state index contributed by atoms with van der Waals surface area (Å²) in [7, 11) is 0. The highest BCUT2D eigenvalue weighted by Gasteiger charge is 2.49. The molecule has 0 radical (unpaired) electrons. The van der Waals surface area contributed by atoms with Gasteiger partial charge in [0.15, 0.2) is 5.82 Å². The third-order valence-electron chi connectivity index (χ3n) is 4.11. The molecule has 0 spiro atoms. The molecule has 5 heteroatoms. The SMILES string of the molecule is NC1C2CCC(C2)C1C(=O)Nc1cccnn1. The molecule has 17 heavy (non-hydrogen) atoms. The lowest BCUT2D eigenvalue weighted by molar-refractivity contribution is -0.121. The molecule has 0 aliphatic heterocycles. The number of amides is 1. The molecule has 1 aromatic rings. The zero-order valence-corrected chi connectivity index (χ0v) is 9.54. The van der Waals surface area contributed by atoms with Crippen LogP contribution >= 0.6 is 0 Å². The highest BCUT2D eigenvalue weighted by Crippen LogP contribution is 2.47. The topological polar surface area (TPSA) is 80.9 Å². The van der Waals surface area contributed by atoms with Crippen molar-refractivity contribution in [3.05, 3.63) is 18.3 Å². The summed E-state index contributed by atoms with van der Waals surface area (Å²) < 4.78 is 0. The van der Waals surface area contributed by atoms with Crippen LogP contribution in [0, 0.1) is 17.8 Å². The van der Waals surface area contributed by atoms with Gasteiger partial charge >= 0.3 is 0 Å². The lowest BCUT2D eigenvalue weighted by atomic mass is 9.84. The summed E-state index contributed by atoms with van der Waals surface area (Å²) >= 11 is 0. The Labute approximate surface area is 99.8 Å². The third kappa shape index (κ3) is 1.80. The molecule has 3 N–H and O–H groups in total. The average Bonchev–Trinajstić information content (AvgIpc) is 2.90. The molecule has 3 rings (SSSR count). The molecule has 2 aliphatic rings. The number of anilines is 1. The van der Waals surface area contributed by atoms with Gasteiger partial charge in [-0.15, -0.1) is 5.10 Å². The Morgan fingerprint density at radius 3 is 2.88 bits per heavy atom. The van der Waals surface area contributed by atoms with Gasteiger partial charge in [-0.25, -0.2) is 0 Å². The second-order valence-corrected chi connectivity index (χ2v) is 5.03. The number of aromatic nitrogens is 2. The minimum Gasteiger partial charge on any atom is -0.327 e. The summed E-state index contributed by atoms with van der Waals surface area (Å²) in [5.41, 5.74) is 6.12. The molecule has 0 saturated heterocycles. The predicted octanol–water partition coefficient (Wildman–Crippen LogP) is 0.788. The summed E-state index contributed by atoms with van der Waals surface area (Å²) in [4.78, 5) is 12.2. The first kappa shape index (κ1) is 10.7. The van der Waals surface area contributed by atoms with E-state index in [1.165, 1.54) is 6.42 Å². The van der Waals surface area contributed by atoms with E-state index in [0.29, 0.717) is 17.7 Å². The summed E-state index contributed by atoms with van der Waals surface area (Å²) in [5.74, 6) is 1.47. The number of carbonyl (C=O) groups is 1. The first-order chi connectivity index (χ1) is 8.25. The van der Waals surface area contributed by atoms with E-state index in [0.717, 1.165) is 12.8 Å². The average molecular weight is 232 g/mol. The Hall–Kier alpha value is -1.49. The highest BCUT2D eigenvalue weighted by atomic mass is 16.2. The Bertz CT molecular complexity index is 420. The van der Waals surface area contributed by atoms with Crippen molar-refractivity contribution in [3.63, 3.8) is 0 Å². The number of nitrogens with one attached hydrogen (secondary N) is 1. The van der Waals surface area contributed by atoms with Crippen molar-refractivity contribution < 1.29 is 4.79 Å². The van der Waals surface area contributed by atoms with E-state index < -0.39 is 0 Å². The van der Waals surface area contributed by atoms with Crippen LogP contribution in [0.5, 0.6) is 0 Å². The van der Waals surface area contributed by atoms with Crippen LogP contribution in [0.2, 0.25) is 0 Å². The Balaban J connectivity index is 1.71. The van der Waals surface area contributed by atoms with E-state index in [9.17, 15) is 4.79 Å². The predicted molar refractivity (Wildman–Crippen MR) is 63.0 cm³/mol. The summed E-state index contributed by atoms with van der Waals surface area (Å²) in [6, 6.07) is 3.51. The van der Waals surface area contributed by atoms with E-state index in [1.54, 1.807) is 18.3 Å². The molecule has 5 nitrogen and oxygen atoms in total. The lowest BCUT2D eigenvalue weighted by Crippen LogP contribution is -2.42. The molecule has 0 aromatic carbocycles. The molecule has 2 fully saturated rings. The minimum atomic E-state index is -0.0456. The Kier molecular flexibility index (Phi) is 2.55. The van der Waals surface area contributed by atoms with Crippen LogP contribution in [-0.2, 0) is 4.79 Å². The second-order valence-electron chi connectivity index (χ2n) is 5.03. The van der Waals surface area contributed by atoms with Gasteiger partial charge in [0.1, 0.15) is 0 Å². The molecule has 90 valence electrons. The Morgan fingerprint density at radius 1 is 1.41 bits per heavy atom. The largest absolute Gasteiger partial charge is 0.327 e. The second kappa shape index (κ2) is 4.07. The minimum absolute atomic E-state index is 0.00481. The van der Waals surface area contributed by atoms with Gasteiger partial charge in [-0.2, -0.15) is 5.10 Å². The molecule has 1 heterocycles. The van der Waals surface area contributed by atoms with E-state index in [4.69, 9.17) is 5.73 Å². The normalized spacial score (nSPS) is 34.9. The number of hydrogen-bond donors (Lipinski definition) is 2. The van der Waals surface area contributed by atoms with Crippen molar-refractivity contribution in [1.29, 1.82) is 0 Å². The van der Waals surface area contributed by atoms with E-state index >= 15 is 0 Å². The molecule has 1 amide bonds. The Morgan fingerprint density at radius 2 is 2.24 bits per heavy atom. The maximum atomic E-state index is 12.2. The van der Waals surface area contributed by atoms with Crippen molar-refractivity contribution in [1.82, 2.24) is 10.2 Å². The zero-order chi connectivity index (χ0) is 11.8. The van der Waals surface area contributed by atoms with Crippen LogP contribution in [0.15, 0.2) is 18.3 Å². The smallest absolute Gasteiger partial charge is 0.230 e. The number of fused-ring (bicyclic) bond motifs is 2. The highest BCUT2D eigenvalue weighted by molar-refractivity contribution is 5.92. The van der Waals surface area contributed by atoms with Gasteiger partial charge in [0.05, 0.1) is 5.92 Å². The third-order valence-corrected chi connectivity index (χ3v) is 4.11. The fourth-order valence-corrected chi connectivity index (χ4v) is 3.30. The van der Waals surface area contributed by atoms with Crippen molar-refractivity contribution >= 4 is 11.7 Å². The van der Waals surface area contributed by atoms with Crippen molar-refractivity contribution in [2.45, 2.75) is 25.3 Å². The van der Waals surface area contributed by atoms with Crippen LogP contribution in [0.3, 0.4) is 0 Å². The van der Waals surface area contributed by atoms with Crippen LogP contribution in [0.4, 0.5) is 5.82 Å². The summed E-state index contributed by atoms with van der Waals surface area (Å²) in [6.45, 7) is 0. The van der Waals surface area contributed by atoms with Crippen molar-refractivity contribution in [2.24, 2.45) is 23.5 Å². The maximum Gasteiger partial charge on any atom is 0.230 e. The molecule has 4 atom stereocenters. The summed E-state index contributed by atoms with van der Waals surface area (Å²) in [5, 5.41) is 10.4. The van der Waals surface area contributed by atoms with E-state index in [-0.39, 0.29) is 17.9 Å². The zero-order valence-electron chi connectivity index (χ0n) is 9.54. The fourth-order valence-electron chi connectivity index (χ4n) is 3.30. The van der Waals surface area contributed by atoms with Crippen LogP contribution in [0.25, 0.3) is 0 Å². The summed E-state index contributed by atoms with van der Waals surface area (Å²) in [6.07, 6.45) is 5.01. The van der Waals surface area contributed by atoms with Crippen LogP contribution < -0.4 is 11.1 Å². The first-order valence-electron chi connectivity index (χ1n) is 6.10. The van der Waals surface area contributed by atoms with E-state index in [2.05, 4.69) is 15.5 Å².